The van der Waals surface area contributed by atoms with Crippen molar-refractivity contribution in [2.24, 2.45) is 5.92 Å². The highest BCUT2D eigenvalue weighted by Crippen LogP contribution is 2.12. The average molecular weight is 267 g/mol. The van der Waals surface area contributed by atoms with E-state index in [1.54, 1.807) is 6.20 Å². The molecule has 0 aliphatic heterocycles. The molecule has 19 heavy (non-hydrogen) atoms. The normalized spacial score (nSPS) is 12.7. The highest BCUT2D eigenvalue weighted by molar-refractivity contribution is 5.95. The van der Waals surface area contributed by atoms with Crippen molar-refractivity contribution in [3.63, 3.8) is 0 Å². The topological polar surface area (TPSA) is 67.2 Å². The highest BCUT2D eigenvalue weighted by Gasteiger charge is 2.17. The van der Waals surface area contributed by atoms with Gasteiger partial charge in [0.25, 0.3) is 5.91 Å². The van der Waals surface area contributed by atoms with Gasteiger partial charge in [0, 0.05) is 19.2 Å². The van der Waals surface area contributed by atoms with Gasteiger partial charge in [-0.05, 0) is 25.7 Å². The van der Waals surface area contributed by atoms with E-state index >= 15 is 0 Å². The lowest BCUT2D eigenvalue weighted by atomic mass is 10.1. The van der Waals surface area contributed by atoms with Crippen molar-refractivity contribution >= 4 is 5.91 Å². The first kappa shape index (κ1) is 15.7. The number of rotatable bonds is 7. The molecule has 0 aromatic carbocycles. The molecular weight excluding hydrogens is 242 g/mol. The lowest BCUT2D eigenvalue weighted by Gasteiger charge is -2.13. The van der Waals surface area contributed by atoms with Gasteiger partial charge in [0.2, 0.25) is 0 Å². The quantitative estimate of drug-likeness (QED) is 0.788. The van der Waals surface area contributed by atoms with Gasteiger partial charge in [-0.15, -0.1) is 0 Å². The monoisotopic (exact) mass is 267 g/mol. The Morgan fingerprint density at radius 3 is 2.68 bits per heavy atom. The van der Waals surface area contributed by atoms with Gasteiger partial charge >= 0.3 is 0 Å². The largest absolute Gasteiger partial charge is 0.396 e. The summed E-state index contributed by atoms with van der Waals surface area (Å²) in [6.45, 7) is 9.08. The van der Waals surface area contributed by atoms with Gasteiger partial charge in [-0.25, -0.2) is 0 Å². The third kappa shape index (κ3) is 4.35. The summed E-state index contributed by atoms with van der Waals surface area (Å²) in [6.07, 6.45) is 2.99. The van der Waals surface area contributed by atoms with E-state index in [-0.39, 0.29) is 18.6 Å². The van der Waals surface area contributed by atoms with E-state index in [9.17, 15) is 4.79 Å². The van der Waals surface area contributed by atoms with Crippen molar-refractivity contribution in [3.05, 3.63) is 17.5 Å². The molecule has 0 saturated carbocycles. The molecule has 1 amide bonds. The Hall–Kier alpha value is -1.36. The Labute approximate surface area is 115 Å². The van der Waals surface area contributed by atoms with Crippen LogP contribution in [0, 0.1) is 5.92 Å². The van der Waals surface area contributed by atoms with Crippen LogP contribution in [-0.4, -0.2) is 33.4 Å². The Balaban J connectivity index is 2.82. The number of carbonyl (C=O) groups is 1. The van der Waals surface area contributed by atoms with Gasteiger partial charge in [0.05, 0.1) is 17.5 Å². The number of nitrogens with one attached hydrogen (secondary N) is 1. The van der Waals surface area contributed by atoms with Gasteiger partial charge in [-0.1, -0.05) is 20.8 Å². The van der Waals surface area contributed by atoms with Crippen LogP contribution in [0.15, 0.2) is 6.20 Å². The number of aromatic nitrogens is 2. The van der Waals surface area contributed by atoms with E-state index in [1.165, 1.54) is 0 Å². The molecular formula is C14H25N3O2. The Morgan fingerprint density at radius 2 is 2.16 bits per heavy atom. The molecule has 5 heteroatoms. The summed E-state index contributed by atoms with van der Waals surface area (Å²) < 4.78 is 1.91. The second-order valence-corrected chi connectivity index (χ2v) is 5.32. The Bertz CT molecular complexity index is 413. The first-order valence-corrected chi connectivity index (χ1v) is 6.95. The van der Waals surface area contributed by atoms with Gasteiger partial charge in [0.15, 0.2) is 0 Å². The standard InChI is InChI=1S/C14H25N3O2/c1-5-13-12(8-15-17(13)9-10(2)3)14(19)16-11(4)6-7-18/h8,10-11,18H,5-7,9H2,1-4H3,(H,16,19). The molecule has 1 atom stereocenters. The van der Waals surface area contributed by atoms with Crippen LogP contribution < -0.4 is 5.32 Å². The van der Waals surface area contributed by atoms with Crippen LogP contribution in [0.4, 0.5) is 0 Å². The number of amides is 1. The van der Waals surface area contributed by atoms with Gasteiger partial charge in [0.1, 0.15) is 0 Å². The molecule has 0 radical (unpaired) electrons. The predicted molar refractivity (Wildman–Crippen MR) is 75.1 cm³/mol. The van der Waals surface area contributed by atoms with E-state index in [2.05, 4.69) is 24.3 Å². The predicted octanol–water partition coefficient (Wildman–Crippen LogP) is 1.60. The van der Waals surface area contributed by atoms with Crippen molar-refractivity contribution in [1.82, 2.24) is 15.1 Å². The molecule has 0 bridgehead atoms. The fraction of sp³-hybridized carbons (Fsp3) is 0.714. The molecule has 5 nitrogen and oxygen atoms in total. The van der Waals surface area contributed by atoms with Crippen LogP contribution >= 0.6 is 0 Å². The zero-order chi connectivity index (χ0) is 14.4. The van der Waals surface area contributed by atoms with Crippen molar-refractivity contribution in [2.75, 3.05) is 6.61 Å². The minimum atomic E-state index is -0.104. The summed E-state index contributed by atoms with van der Waals surface area (Å²) in [7, 11) is 0. The van der Waals surface area contributed by atoms with Gasteiger partial charge in [-0.2, -0.15) is 5.10 Å². The fourth-order valence-electron chi connectivity index (χ4n) is 2.04. The third-order valence-electron chi connectivity index (χ3n) is 3.01. The smallest absolute Gasteiger partial charge is 0.254 e. The molecule has 0 fully saturated rings. The maximum atomic E-state index is 12.2. The van der Waals surface area contributed by atoms with Crippen LogP contribution in [0.1, 0.15) is 50.2 Å². The van der Waals surface area contributed by atoms with Crippen LogP contribution in [0.3, 0.4) is 0 Å². The van der Waals surface area contributed by atoms with E-state index in [0.717, 1.165) is 18.7 Å². The first-order chi connectivity index (χ1) is 8.99. The van der Waals surface area contributed by atoms with E-state index in [4.69, 9.17) is 5.11 Å². The lowest BCUT2D eigenvalue weighted by Crippen LogP contribution is -2.33. The number of carbonyl (C=O) groups excluding carboxylic acids is 1. The molecule has 1 unspecified atom stereocenters. The van der Waals surface area contributed by atoms with Crippen LogP contribution in [0.2, 0.25) is 0 Å². The molecule has 1 aromatic rings. The summed E-state index contributed by atoms with van der Waals surface area (Å²) in [6, 6.07) is -0.0318. The third-order valence-corrected chi connectivity index (χ3v) is 3.01. The number of hydrogen-bond donors (Lipinski definition) is 2. The zero-order valence-electron chi connectivity index (χ0n) is 12.3. The summed E-state index contributed by atoms with van der Waals surface area (Å²) in [5, 5.41) is 16.1. The minimum absolute atomic E-state index is 0.0318. The first-order valence-electron chi connectivity index (χ1n) is 6.95. The van der Waals surface area contributed by atoms with Crippen molar-refractivity contribution in [2.45, 2.75) is 53.1 Å². The molecule has 108 valence electrons. The van der Waals surface area contributed by atoms with Crippen molar-refractivity contribution < 1.29 is 9.90 Å². The highest BCUT2D eigenvalue weighted by atomic mass is 16.3. The summed E-state index contributed by atoms with van der Waals surface area (Å²) in [5.41, 5.74) is 1.62. The van der Waals surface area contributed by atoms with Crippen LogP contribution in [0.5, 0.6) is 0 Å². The summed E-state index contributed by atoms with van der Waals surface area (Å²) in [5.74, 6) is 0.391. The number of aliphatic hydroxyl groups is 1. The fourth-order valence-corrected chi connectivity index (χ4v) is 2.04. The van der Waals surface area contributed by atoms with Crippen LogP contribution in [0.25, 0.3) is 0 Å². The zero-order valence-corrected chi connectivity index (χ0v) is 12.3. The maximum Gasteiger partial charge on any atom is 0.254 e. The SMILES string of the molecule is CCc1c(C(=O)NC(C)CCO)cnn1CC(C)C. The number of aliphatic hydroxyl groups excluding tert-OH is 1. The Morgan fingerprint density at radius 1 is 1.47 bits per heavy atom. The van der Waals surface area contributed by atoms with Gasteiger partial charge in [-0.3, -0.25) is 9.48 Å². The maximum absolute atomic E-state index is 12.2. The number of hydrogen-bond acceptors (Lipinski definition) is 3. The van der Waals surface area contributed by atoms with E-state index in [1.807, 2.05) is 18.5 Å². The number of nitrogens with zero attached hydrogens (tertiary/aromatic N) is 2. The van der Waals surface area contributed by atoms with Crippen LogP contribution in [-0.2, 0) is 13.0 Å². The average Bonchev–Trinajstić information content (AvgIpc) is 2.71. The van der Waals surface area contributed by atoms with Crippen molar-refractivity contribution in [3.8, 4) is 0 Å². The second kappa shape index (κ2) is 7.28. The Kier molecular flexibility index (Phi) is 6.02. The molecule has 0 spiro atoms. The molecule has 0 aliphatic carbocycles. The summed E-state index contributed by atoms with van der Waals surface area (Å²) >= 11 is 0. The lowest BCUT2D eigenvalue weighted by molar-refractivity contribution is 0.0933. The van der Waals surface area contributed by atoms with E-state index in [0.29, 0.717) is 17.9 Å². The molecule has 1 aromatic heterocycles. The molecule has 1 rings (SSSR count). The molecule has 2 N–H and O–H groups in total. The minimum Gasteiger partial charge on any atom is -0.396 e. The molecule has 0 aliphatic rings. The second-order valence-electron chi connectivity index (χ2n) is 5.32. The van der Waals surface area contributed by atoms with E-state index < -0.39 is 0 Å². The molecule has 1 heterocycles. The van der Waals surface area contributed by atoms with Gasteiger partial charge < -0.3 is 10.4 Å². The summed E-state index contributed by atoms with van der Waals surface area (Å²) in [4.78, 5) is 12.2. The molecule has 0 saturated heterocycles. The van der Waals surface area contributed by atoms with Crippen molar-refractivity contribution in [1.29, 1.82) is 0 Å².